The molecule has 0 unspecified atom stereocenters. The molecule has 1 aliphatic rings. The maximum Gasteiger partial charge on any atom is 0.236 e. The minimum Gasteiger partial charge on any atom is -0.368 e. The molecule has 6 heteroatoms. The molecule has 1 aliphatic heterocycles. The zero-order valence-corrected chi connectivity index (χ0v) is 8.79. The van der Waals surface area contributed by atoms with Crippen molar-refractivity contribution in [2.24, 2.45) is 5.73 Å². The Labute approximate surface area is 89.2 Å². The molecule has 15 heavy (non-hydrogen) atoms. The zero-order valence-electron chi connectivity index (χ0n) is 8.79. The van der Waals surface area contributed by atoms with Crippen LogP contribution in [0.3, 0.4) is 0 Å². The van der Waals surface area contributed by atoms with Crippen LogP contribution in [-0.4, -0.2) is 56.0 Å². The minimum atomic E-state index is -0.513. The Bertz CT molecular complexity index is 224. The number of primary amides is 1. The van der Waals surface area contributed by atoms with E-state index in [-0.39, 0.29) is 12.5 Å². The highest BCUT2D eigenvalue weighted by molar-refractivity contribution is 5.84. The van der Waals surface area contributed by atoms with E-state index in [4.69, 9.17) is 5.73 Å². The summed E-state index contributed by atoms with van der Waals surface area (Å²) in [6.45, 7) is 3.95. The van der Waals surface area contributed by atoms with Crippen LogP contribution in [0.2, 0.25) is 0 Å². The van der Waals surface area contributed by atoms with Gasteiger partial charge in [-0.2, -0.15) is 0 Å². The smallest absolute Gasteiger partial charge is 0.236 e. The SMILES string of the molecule is NC(=O)CNC(=O)CN1CCCNCC1. The van der Waals surface area contributed by atoms with E-state index in [1.54, 1.807) is 0 Å². The summed E-state index contributed by atoms with van der Waals surface area (Å²) >= 11 is 0. The fraction of sp³-hybridized carbons (Fsp3) is 0.778. The molecule has 86 valence electrons. The van der Waals surface area contributed by atoms with E-state index < -0.39 is 5.91 Å². The molecule has 6 nitrogen and oxygen atoms in total. The first-order valence-electron chi connectivity index (χ1n) is 5.16. The van der Waals surface area contributed by atoms with Gasteiger partial charge < -0.3 is 16.4 Å². The van der Waals surface area contributed by atoms with Gasteiger partial charge in [0.05, 0.1) is 13.1 Å². The van der Waals surface area contributed by atoms with Crippen LogP contribution in [0.5, 0.6) is 0 Å². The summed E-state index contributed by atoms with van der Waals surface area (Å²) in [5, 5.41) is 5.73. The molecule has 0 aromatic carbocycles. The number of nitrogens with zero attached hydrogens (tertiary/aromatic N) is 1. The molecule has 1 rings (SSSR count). The summed E-state index contributed by atoms with van der Waals surface area (Å²) in [6.07, 6.45) is 1.04. The van der Waals surface area contributed by atoms with Crippen LogP contribution >= 0.6 is 0 Å². The number of amides is 2. The first-order chi connectivity index (χ1) is 7.18. The van der Waals surface area contributed by atoms with E-state index in [1.807, 2.05) is 0 Å². The highest BCUT2D eigenvalue weighted by Crippen LogP contribution is 1.94. The van der Waals surface area contributed by atoms with Crippen molar-refractivity contribution in [1.82, 2.24) is 15.5 Å². The van der Waals surface area contributed by atoms with E-state index in [0.29, 0.717) is 6.54 Å². The molecule has 0 radical (unpaired) electrons. The molecule has 1 fully saturated rings. The van der Waals surface area contributed by atoms with Crippen LogP contribution in [-0.2, 0) is 9.59 Å². The maximum absolute atomic E-state index is 11.3. The molecule has 0 spiro atoms. The van der Waals surface area contributed by atoms with Crippen molar-refractivity contribution in [2.75, 3.05) is 39.3 Å². The van der Waals surface area contributed by atoms with Crippen molar-refractivity contribution in [3.8, 4) is 0 Å². The van der Waals surface area contributed by atoms with E-state index in [0.717, 1.165) is 32.6 Å². The van der Waals surface area contributed by atoms with E-state index in [2.05, 4.69) is 15.5 Å². The van der Waals surface area contributed by atoms with Crippen molar-refractivity contribution in [1.29, 1.82) is 0 Å². The van der Waals surface area contributed by atoms with Gasteiger partial charge in [0.2, 0.25) is 11.8 Å². The fourth-order valence-corrected chi connectivity index (χ4v) is 1.50. The van der Waals surface area contributed by atoms with Gasteiger partial charge in [0.15, 0.2) is 0 Å². The lowest BCUT2D eigenvalue weighted by atomic mass is 10.4. The molecule has 0 atom stereocenters. The lowest BCUT2D eigenvalue weighted by Gasteiger charge is -2.18. The summed E-state index contributed by atoms with van der Waals surface area (Å²) in [4.78, 5) is 23.8. The quantitative estimate of drug-likeness (QED) is 0.499. The molecule has 1 saturated heterocycles. The number of nitrogens with two attached hydrogens (primary N) is 1. The highest BCUT2D eigenvalue weighted by atomic mass is 16.2. The van der Waals surface area contributed by atoms with Crippen LogP contribution in [0.1, 0.15) is 6.42 Å². The second kappa shape index (κ2) is 6.36. The summed E-state index contributed by atoms with van der Waals surface area (Å²) < 4.78 is 0. The predicted octanol–water partition coefficient (Wildman–Crippen LogP) is -2.12. The highest BCUT2D eigenvalue weighted by Gasteiger charge is 2.12. The molecule has 4 N–H and O–H groups in total. The van der Waals surface area contributed by atoms with E-state index >= 15 is 0 Å². The predicted molar refractivity (Wildman–Crippen MR) is 56.1 cm³/mol. The second-order valence-corrected chi connectivity index (χ2v) is 3.62. The third kappa shape index (κ3) is 5.34. The third-order valence-corrected chi connectivity index (χ3v) is 2.26. The first kappa shape index (κ1) is 11.9. The van der Waals surface area contributed by atoms with Gasteiger partial charge in [0.25, 0.3) is 0 Å². The van der Waals surface area contributed by atoms with Crippen molar-refractivity contribution < 1.29 is 9.59 Å². The van der Waals surface area contributed by atoms with Crippen LogP contribution in [0.25, 0.3) is 0 Å². The molecular formula is C9H18N4O2. The number of rotatable bonds is 4. The summed E-state index contributed by atoms with van der Waals surface area (Å²) in [5.41, 5.74) is 4.92. The number of carbonyl (C=O) groups excluding carboxylic acids is 2. The molecule has 2 amide bonds. The summed E-state index contributed by atoms with van der Waals surface area (Å²) in [6, 6.07) is 0. The molecular weight excluding hydrogens is 196 g/mol. The van der Waals surface area contributed by atoms with Gasteiger partial charge in [-0.15, -0.1) is 0 Å². The van der Waals surface area contributed by atoms with Gasteiger partial charge in [0, 0.05) is 13.1 Å². The number of hydrogen-bond donors (Lipinski definition) is 3. The lowest BCUT2D eigenvalue weighted by Crippen LogP contribution is -2.41. The van der Waals surface area contributed by atoms with E-state index in [1.165, 1.54) is 0 Å². The Morgan fingerprint density at radius 1 is 1.33 bits per heavy atom. The Balaban J connectivity index is 2.20. The molecule has 0 saturated carbocycles. The lowest BCUT2D eigenvalue weighted by molar-refractivity contribution is -0.125. The van der Waals surface area contributed by atoms with Crippen LogP contribution in [0, 0.1) is 0 Å². The molecule has 0 aromatic heterocycles. The second-order valence-electron chi connectivity index (χ2n) is 3.62. The largest absolute Gasteiger partial charge is 0.368 e. The minimum absolute atomic E-state index is 0.0784. The van der Waals surface area contributed by atoms with Gasteiger partial charge in [-0.1, -0.05) is 0 Å². The normalized spacial score (nSPS) is 18.1. The Kier molecular flexibility index (Phi) is 5.06. The number of hydrogen-bond acceptors (Lipinski definition) is 4. The van der Waals surface area contributed by atoms with Crippen molar-refractivity contribution in [3.05, 3.63) is 0 Å². The zero-order chi connectivity index (χ0) is 11.1. The molecule has 1 heterocycles. The van der Waals surface area contributed by atoms with Crippen LogP contribution in [0.15, 0.2) is 0 Å². The van der Waals surface area contributed by atoms with Crippen LogP contribution < -0.4 is 16.4 Å². The Hall–Kier alpha value is -1.14. The number of nitrogens with one attached hydrogen (secondary N) is 2. The fourth-order valence-electron chi connectivity index (χ4n) is 1.50. The van der Waals surface area contributed by atoms with Gasteiger partial charge in [-0.3, -0.25) is 14.5 Å². The molecule has 0 bridgehead atoms. The standard InChI is InChI=1S/C9H18N4O2/c10-8(14)6-12-9(15)7-13-4-1-2-11-3-5-13/h11H,1-7H2,(H2,10,14)(H,12,15). The Morgan fingerprint density at radius 3 is 2.87 bits per heavy atom. The maximum atomic E-state index is 11.3. The van der Waals surface area contributed by atoms with Crippen molar-refractivity contribution in [2.45, 2.75) is 6.42 Å². The van der Waals surface area contributed by atoms with Gasteiger partial charge in [-0.25, -0.2) is 0 Å². The van der Waals surface area contributed by atoms with Crippen molar-refractivity contribution >= 4 is 11.8 Å². The molecule has 0 aromatic rings. The third-order valence-electron chi connectivity index (χ3n) is 2.26. The van der Waals surface area contributed by atoms with Gasteiger partial charge >= 0.3 is 0 Å². The monoisotopic (exact) mass is 214 g/mol. The number of carbonyl (C=O) groups is 2. The van der Waals surface area contributed by atoms with Crippen molar-refractivity contribution in [3.63, 3.8) is 0 Å². The van der Waals surface area contributed by atoms with Gasteiger partial charge in [0.1, 0.15) is 0 Å². The Morgan fingerprint density at radius 2 is 2.13 bits per heavy atom. The van der Waals surface area contributed by atoms with Crippen LogP contribution in [0.4, 0.5) is 0 Å². The molecule has 0 aliphatic carbocycles. The van der Waals surface area contributed by atoms with Gasteiger partial charge in [-0.05, 0) is 19.5 Å². The first-order valence-corrected chi connectivity index (χ1v) is 5.16. The summed E-state index contributed by atoms with van der Waals surface area (Å²) in [7, 11) is 0. The summed E-state index contributed by atoms with van der Waals surface area (Å²) in [5.74, 6) is -0.656. The average Bonchev–Trinajstić information content (AvgIpc) is 2.43. The van der Waals surface area contributed by atoms with E-state index in [9.17, 15) is 9.59 Å². The average molecular weight is 214 g/mol. The topological polar surface area (TPSA) is 87.5 Å².